The van der Waals surface area contributed by atoms with E-state index in [9.17, 15) is 0 Å². The summed E-state index contributed by atoms with van der Waals surface area (Å²) in [6.07, 6.45) is 0. The molecule has 6 aromatic rings. The molecule has 6 aromatic carbocycles. The first-order valence-electron chi connectivity index (χ1n) is 14.9. The predicted molar refractivity (Wildman–Crippen MR) is 184 cm³/mol. The molecular formula is C40H36N3+. The summed E-state index contributed by atoms with van der Waals surface area (Å²) in [6.45, 7) is 4.30. The van der Waals surface area contributed by atoms with Crippen LogP contribution in [0.3, 0.4) is 0 Å². The van der Waals surface area contributed by atoms with Gasteiger partial charge in [0, 0.05) is 46.0 Å². The second kappa shape index (κ2) is 10.6. The largest absolute Gasteiger partial charge is 0.310 e. The molecule has 0 radical (unpaired) electrons. The Kier molecular flexibility index (Phi) is 6.61. The Hall–Kier alpha value is -5.12. The molecule has 0 atom stereocenters. The fourth-order valence-electron chi connectivity index (χ4n) is 6.41. The summed E-state index contributed by atoms with van der Waals surface area (Å²) in [4.78, 5) is 4.72. The van der Waals surface area contributed by atoms with E-state index >= 15 is 0 Å². The number of benzene rings is 6. The monoisotopic (exact) mass is 558 g/mol. The van der Waals surface area contributed by atoms with Crippen molar-refractivity contribution in [1.82, 2.24) is 4.48 Å². The average Bonchev–Trinajstić information content (AvgIpc) is 3.24. The SMILES string of the molecule is Cc1cccc(N(c2ccccc2)c2ccc3c(c2)[N+](C)(C)c2cc(N(c4ccccc4)c4cccc(C)c4)ccc2-3)c1. The molecule has 0 saturated heterocycles. The third kappa shape index (κ3) is 4.78. The summed E-state index contributed by atoms with van der Waals surface area (Å²) >= 11 is 0. The normalized spacial score (nSPS) is 12.8. The van der Waals surface area contributed by atoms with Gasteiger partial charge < -0.3 is 9.80 Å². The minimum absolute atomic E-state index is 0.666. The van der Waals surface area contributed by atoms with Crippen molar-refractivity contribution in [3.63, 3.8) is 0 Å². The van der Waals surface area contributed by atoms with Crippen molar-refractivity contribution >= 4 is 45.5 Å². The van der Waals surface area contributed by atoms with Crippen LogP contribution in [0.1, 0.15) is 11.1 Å². The van der Waals surface area contributed by atoms with Gasteiger partial charge >= 0.3 is 0 Å². The second-order valence-corrected chi connectivity index (χ2v) is 11.9. The number of quaternary nitrogens is 1. The van der Waals surface area contributed by atoms with Crippen LogP contribution < -0.4 is 14.3 Å². The molecule has 0 N–H and O–H groups in total. The van der Waals surface area contributed by atoms with Crippen LogP contribution >= 0.6 is 0 Å². The molecule has 1 aliphatic rings. The van der Waals surface area contributed by atoms with E-state index in [1.165, 1.54) is 33.6 Å². The molecule has 0 spiro atoms. The zero-order valence-corrected chi connectivity index (χ0v) is 25.2. The molecule has 0 saturated carbocycles. The van der Waals surface area contributed by atoms with Gasteiger partial charge in [-0.3, -0.25) is 4.48 Å². The highest BCUT2D eigenvalue weighted by Gasteiger charge is 2.38. The van der Waals surface area contributed by atoms with Crippen molar-refractivity contribution in [3.05, 3.63) is 157 Å². The van der Waals surface area contributed by atoms with Gasteiger partial charge in [-0.05, 0) is 97.8 Å². The standard InChI is InChI=1S/C40H36N3/c1-29-13-11-19-33(25-29)41(31-15-7-5-8-16-31)35-21-23-37-38-24-22-36(28-40(38)43(3,4)39(37)27-35)42(32-17-9-6-10-18-32)34-20-12-14-30(2)26-34/h5-28H,1-4H3/q+1. The Morgan fingerprint density at radius 3 is 1.14 bits per heavy atom. The van der Waals surface area contributed by atoms with E-state index in [4.69, 9.17) is 0 Å². The molecule has 3 heteroatoms. The molecule has 0 aliphatic carbocycles. The van der Waals surface area contributed by atoms with Gasteiger partial charge in [0.1, 0.15) is 11.4 Å². The van der Waals surface area contributed by atoms with Crippen molar-refractivity contribution in [3.8, 4) is 11.1 Å². The fraction of sp³-hybridized carbons (Fsp3) is 0.100. The quantitative estimate of drug-likeness (QED) is 0.188. The van der Waals surface area contributed by atoms with Gasteiger partial charge in [-0.1, -0.05) is 60.7 Å². The number of rotatable bonds is 6. The molecule has 1 heterocycles. The van der Waals surface area contributed by atoms with E-state index in [0.717, 1.165) is 34.1 Å². The van der Waals surface area contributed by atoms with Crippen LogP contribution in [0.25, 0.3) is 11.1 Å². The van der Waals surface area contributed by atoms with Crippen LogP contribution in [0.4, 0.5) is 45.5 Å². The molecule has 0 amide bonds. The van der Waals surface area contributed by atoms with E-state index in [2.05, 4.69) is 183 Å². The van der Waals surface area contributed by atoms with Crippen LogP contribution in [0, 0.1) is 13.8 Å². The first-order chi connectivity index (χ1) is 20.9. The van der Waals surface area contributed by atoms with E-state index in [1.54, 1.807) is 0 Å². The number of hydrogen-bond donors (Lipinski definition) is 0. The van der Waals surface area contributed by atoms with E-state index in [0.29, 0.717) is 4.48 Å². The molecule has 0 bridgehead atoms. The maximum atomic E-state index is 2.37. The van der Waals surface area contributed by atoms with Crippen molar-refractivity contribution in [2.75, 3.05) is 23.9 Å². The smallest absolute Gasteiger partial charge is 0.147 e. The van der Waals surface area contributed by atoms with E-state index < -0.39 is 0 Å². The lowest BCUT2D eigenvalue weighted by Crippen LogP contribution is -2.32. The summed E-state index contributed by atoms with van der Waals surface area (Å²) in [6, 6.07) is 52.7. The van der Waals surface area contributed by atoms with Gasteiger partial charge in [0.2, 0.25) is 0 Å². The number of aryl methyl sites for hydroxylation is 2. The third-order valence-electron chi connectivity index (χ3n) is 8.52. The van der Waals surface area contributed by atoms with Crippen LogP contribution in [0.5, 0.6) is 0 Å². The van der Waals surface area contributed by atoms with Crippen LogP contribution in [-0.2, 0) is 0 Å². The van der Waals surface area contributed by atoms with Gasteiger partial charge in [0.15, 0.2) is 0 Å². The molecule has 0 aromatic heterocycles. The van der Waals surface area contributed by atoms with E-state index in [-0.39, 0.29) is 0 Å². The number of nitrogens with zero attached hydrogens (tertiary/aromatic N) is 3. The van der Waals surface area contributed by atoms with Crippen molar-refractivity contribution < 1.29 is 0 Å². The second-order valence-electron chi connectivity index (χ2n) is 11.9. The highest BCUT2D eigenvalue weighted by molar-refractivity contribution is 5.98. The topological polar surface area (TPSA) is 6.48 Å². The Morgan fingerprint density at radius 1 is 0.372 bits per heavy atom. The van der Waals surface area contributed by atoms with Crippen LogP contribution in [-0.4, -0.2) is 14.1 Å². The third-order valence-corrected chi connectivity index (χ3v) is 8.52. The molecule has 3 nitrogen and oxygen atoms in total. The number of hydrogen-bond acceptors (Lipinski definition) is 2. The summed E-state index contributed by atoms with van der Waals surface area (Å²) in [7, 11) is 4.61. The van der Waals surface area contributed by atoms with Gasteiger partial charge in [-0.25, -0.2) is 0 Å². The lowest BCUT2D eigenvalue weighted by Gasteiger charge is -2.30. The summed E-state index contributed by atoms with van der Waals surface area (Å²) in [5, 5.41) is 0. The Morgan fingerprint density at radius 2 is 0.744 bits per heavy atom. The van der Waals surface area contributed by atoms with Gasteiger partial charge in [-0.2, -0.15) is 0 Å². The minimum Gasteiger partial charge on any atom is -0.310 e. The Balaban J connectivity index is 1.34. The van der Waals surface area contributed by atoms with Gasteiger partial charge in [-0.15, -0.1) is 0 Å². The highest BCUT2D eigenvalue weighted by Crippen LogP contribution is 2.54. The lowest BCUT2D eigenvalue weighted by atomic mass is 10.0. The molecule has 210 valence electrons. The van der Waals surface area contributed by atoms with Crippen LogP contribution in [0.15, 0.2) is 146 Å². The molecule has 1 aliphatic heterocycles. The first-order valence-corrected chi connectivity index (χ1v) is 14.9. The molecule has 0 unspecified atom stereocenters. The van der Waals surface area contributed by atoms with Crippen molar-refractivity contribution in [1.29, 1.82) is 0 Å². The van der Waals surface area contributed by atoms with Gasteiger partial charge in [0.05, 0.1) is 25.5 Å². The van der Waals surface area contributed by atoms with E-state index in [1.807, 2.05) is 0 Å². The van der Waals surface area contributed by atoms with Crippen molar-refractivity contribution in [2.24, 2.45) is 0 Å². The summed E-state index contributed by atoms with van der Waals surface area (Å²) in [5.41, 5.74) is 14.6. The number of fused-ring (bicyclic) bond motifs is 3. The maximum Gasteiger partial charge on any atom is 0.147 e. The van der Waals surface area contributed by atoms with Gasteiger partial charge in [0.25, 0.3) is 0 Å². The maximum absolute atomic E-state index is 2.37. The summed E-state index contributed by atoms with van der Waals surface area (Å²) < 4.78 is 0.666. The zero-order chi connectivity index (χ0) is 29.6. The zero-order valence-electron chi connectivity index (χ0n) is 25.2. The first kappa shape index (κ1) is 26.8. The molecular weight excluding hydrogens is 522 g/mol. The number of para-hydroxylation sites is 2. The van der Waals surface area contributed by atoms with Crippen LogP contribution in [0.2, 0.25) is 0 Å². The number of anilines is 6. The highest BCUT2D eigenvalue weighted by atomic mass is 15.3. The molecule has 0 fully saturated rings. The van der Waals surface area contributed by atoms with Crippen molar-refractivity contribution in [2.45, 2.75) is 13.8 Å². The predicted octanol–water partition coefficient (Wildman–Crippen LogP) is 11.1. The Labute approximate surface area is 255 Å². The lowest BCUT2D eigenvalue weighted by molar-refractivity contribution is 0.568. The average molecular weight is 559 g/mol. The molecule has 43 heavy (non-hydrogen) atoms. The summed E-state index contributed by atoms with van der Waals surface area (Å²) in [5.74, 6) is 0. The fourth-order valence-corrected chi connectivity index (χ4v) is 6.41. The minimum atomic E-state index is 0.666. The Bertz CT molecular complexity index is 1790. The molecule has 7 rings (SSSR count).